The van der Waals surface area contributed by atoms with Gasteiger partial charge in [0.15, 0.2) is 0 Å². The topological polar surface area (TPSA) is 12.0 Å². The lowest BCUT2D eigenvalue weighted by atomic mass is 9.94. The molecular weight excluding hydrogens is 386 g/mol. The molecule has 1 N–H and O–H groups in total. The lowest BCUT2D eigenvalue weighted by Gasteiger charge is -2.21. The normalized spacial score (nSPS) is 40.5. The van der Waals surface area contributed by atoms with Crippen LogP contribution in [0.2, 0.25) is 0 Å². The number of halogens is 2. The molecule has 1 nitrogen and oxygen atoms in total. The third kappa shape index (κ3) is 2.01. The van der Waals surface area contributed by atoms with Gasteiger partial charge in [0, 0.05) is 6.04 Å². The average Bonchev–Trinajstić information content (AvgIpc) is 2.70. The quantitative estimate of drug-likeness (QED) is 0.725. The highest BCUT2D eigenvalue weighted by molar-refractivity contribution is 9.12. The molecule has 0 saturated heterocycles. The van der Waals surface area contributed by atoms with Crippen LogP contribution < -0.4 is 5.32 Å². The van der Waals surface area contributed by atoms with Crippen molar-refractivity contribution in [1.29, 1.82) is 0 Å². The largest absolute Gasteiger partial charge is 0.310 e. The van der Waals surface area contributed by atoms with E-state index in [0.717, 1.165) is 36.1 Å². The molecular formula is C15H19Br2NS. The number of thiophene rings is 1. The van der Waals surface area contributed by atoms with E-state index in [1.807, 2.05) is 11.3 Å². The van der Waals surface area contributed by atoms with Crippen LogP contribution in [0.25, 0.3) is 0 Å². The van der Waals surface area contributed by atoms with Crippen molar-refractivity contribution >= 4 is 43.2 Å². The monoisotopic (exact) mass is 403 g/mol. The summed E-state index contributed by atoms with van der Waals surface area (Å²) in [5, 5.41) is 3.77. The Morgan fingerprint density at radius 3 is 2.53 bits per heavy atom. The summed E-state index contributed by atoms with van der Waals surface area (Å²) in [5.41, 5.74) is 1.48. The number of fused-ring (bicyclic) bond motifs is 5. The van der Waals surface area contributed by atoms with Crippen molar-refractivity contribution in [3.05, 3.63) is 19.2 Å². The molecule has 3 aliphatic carbocycles. The summed E-state index contributed by atoms with van der Waals surface area (Å²) >= 11 is 9.20. The summed E-state index contributed by atoms with van der Waals surface area (Å²) in [6, 6.07) is 2.89. The standard InChI is InChI=1S/C15H19Br2NS/c1-2-18-14(9-6-10(16)19-15(9)17)13-11-7-3-4-8(5-7)12(11)13/h6-8,11-14,18H,2-5H2,1H3. The molecule has 0 spiro atoms. The Labute approximate surface area is 135 Å². The fourth-order valence-corrected chi connectivity index (χ4v) is 8.01. The fourth-order valence-electron chi connectivity index (χ4n) is 5.08. The van der Waals surface area contributed by atoms with Gasteiger partial charge in [-0.15, -0.1) is 11.3 Å². The molecule has 3 fully saturated rings. The number of hydrogen-bond donors (Lipinski definition) is 1. The maximum atomic E-state index is 3.77. The first-order valence-corrected chi connectivity index (χ1v) is 9.79. The van der Waals surface area contributed by atoms with Gasteiger partial charge < -0.3 is 5.32 Å². The minimum Gasteiger partial charge on any atom is -0.310 e. The van der Waals surface area contributed by atoms with Gasteiger partial charge >= 0.3 is 0 Å². The summed E-state index contributed by atoms with van der Waals surface area (Å²) in [5.74, 6) is 5.09. The van der Waals surface area contributed by atoms with Crippen molar-refractivity contribution in [1.82, 2.24) is 5.32 Å². The van der Waals surface area contributed by atoms with Crippen LogP contribution in [0.3, 0.4) is 0 Å². The zero-order valence-corrected chi connectivity index (χ0v) is 15.0. The summed E-state index contributed by atoms with van der Waals surface area (Å²) in [4.78, 5) is 0. The summed E-state index contributed by atoms with van der Waals surface area (Å²) in [6.07, 6.45) is 4.56. The molecule has 1 aromatic rings. The second-order valence-corrected chi connectivity index (χ2v) is 10.1. The van der Waals surface area contributed by atoms with E-state index in [2.05, 4.69) is 50.2 Å². The Hall–Kier alpha value is 0.620. The van der Waals surface area contributed by atoms with Gasteiger partial charge in [0.2, 0.25) is 0 Å². The molecule has 0 radical (unpaired) electrons. The summed E-state index contributed by atoms with van der Waals surface area (Å²) < 4.78 is 2.55. The molecule has 1 aromatic heterocycles. The lowest BCUT2D eigenvalue weighted by molar-refractivity contribution is 0.374. The highest BCUT2D eigenvalue weighted by Gasteiger charge is 2.66. The van der Waals surface area contributed by atoms with Crippen LogP contribution in [0.15, 0.2) is 13.6 Å². The highest BCUT2D eigenvalue weighted by atomic mass is 79.9. The van der Waals surface area contributed by atoms with Crippen LogP contribution in [0.1, 0.15) is 37.8 Å². The Morgan fingerprint density at radius 1 is 1.32 bits per heavy atom. The first-order chi connectivity index (χ1) is 9.20. The van der Waals surface area contributed by atoms with Gasteiger partial charge in [-0.25, -0.2) is 0 Å². The van der Waals surface area contributed by atoms with E-state index in [0.29, 0.717) is 6.04 Å². The fraction of sp³-hybridized carbons (Fsp3) is 0.733. The van der Waals surface area contributed by atoms with Crippen LogP contribution in [-0.2, 0) is 0 Å². The molecule has 0 aliphatic heterocycles. The second-order valence-electron chi connectivity index (χ2n) is 6.38. The van der Waals surface area contributed by atoms with Crippen LogP contribution in [0.4, 0.5) is 0 Å². The number of rotatable bonds is 4. The third-order valence-electron chi connectivity index (χ3n) is 5.62. The first-order valence-electron chi connectivity index (χ1n) is 7.38. The molecule has 4 heteroatoms. The number of nitrogens with one attached hydrogen (secondary N) is 1. The molecule has 104 valence electrons. The second kappa shape index (κ2) is 4.82. The number of hydrogen-bond acceptors (Lipinski definition) is 2. The Balaban J connectivity index is 1.62. The van der Waals surface area contributed by atoms with Gasteiger partial charge in [-0.05, 0) is 98.9 Å². The minimum atomic E-state index is 0.570. The molecule has 2 bridgehead atoms. The van der Waals surface area contributed by atoms with Crippen LogP contribution in [0, 0.1) is 29.6 Å². The highest BCUT2D eigenvalue weighted by Crippen LogP contribution is 2.72. The van der Waals surface area contributed by atoms with Crippen molar-refractivity contribution in [2.45, 2.75) is 32.2 Å². The van der Waals surface area contributed by atoms with Crippen LogP contribution in [0.5, 0.6) is 0 Å². The van der Waals surface area contributed by atoms with Crippen molar-refractivity contribution in [2.75, 3.05) is 6.54 Å². The summed E-state index contributed by atoms with van der Waals surface area (Å²) in [7, 11) is 0. The third-order valence-corrected chi connectivity index (χ3v) is 8.01. The average molecular weight is 405 g/mol. The molecule has 4 rings (SSSR count). The molecule has 0 aromatic carbocycles. The van der Waals surface area contributed by atoms with E-state index < -0.39 is 0 Å². The van der Waals surface area contributed by atoms with Gasteiger partial charge in [0.05, 0.1) is 7.57 Å². The van der Waals surface area contributed by atoms with E-state index >= 15 is 0 Å². The SMILES string of the molecule is CCNC(c1cc(Br)sc1Br)C1C2C3CCC(C3)C21. The van der Waals surface area contributed by atoms with Gasteiger partial charge in [-0.1, -0.05) is 6.92 Å². The molecule has 0 amide bonds. The van der Waals surface area contributed by atoms with E-state index in [-0.39, 0.29) is 0 Å². The predicted octanol–water partition coefficient (Wildman–Crippen LogP) is 5.22. The molecule has 5 unspecified atom stereocenters. The smallest absolute Gasteiger partial charge is 0.0758 e. The van der Waals surface area contributed by atoms with Gasteiger partial charge in [-0.3, -0.25) is 0 Å². The van der Waals surface area contributed by atoms with E-state index in [1.165, 1.54) is 26.0 Å². The zero-order valence-electron chi connectivity index (χ0n) is 11.0. The van der Waals surface area contributed by atoms with Crippen molar-refractivity contribution in [2.24, 2.45) is 29.6 Å². The van der Waals surface area contributed by atoms with Gasteiger partial charge in [-0.2, -0.15) is 0 Å². The zero-order chi connectivity index (χ0) is 13.1. The molecule has 1 heterocycles. The van der Waals surface area contributed by atoms with Gasteiger partial charge in [0.1, 0.15) is 0 Å². The molecule has 5 atom stereocenters. The molecule has 3 aliphatic rings. The molecule has 3 saturated carbocycles. The van der Waals surface area contributed by atoms with Crippen LogP contribution >= 0.6 is 43.2 Å². The van der Waals surface area contributed by atoms with Crippen molar-refractivity contribution < 1.29 is 0 Å². The lowest BCUT2D eigenvalue weighted by Crippen LogP contribution is -2.25. The van der Waals surface area contributed by atoms with E-state index in [1.54, 1.807) is 6.42 Å². The predicted molar refractivity (Wildman–Crippen MR) is 87.4 cm³/mol. The van der Waals surface area contributed by atoms with E-state index in [9.17, 15) is 0 Å². The molecule has 19 heavy (non-hydrogen) atoms. The Bertz CT molecular complexity index is 484. The van der Waals surface area contributed by atoms with Gasteiger partial charge in [0.25, 0.3) is 0 Å². The summed E-state index contributed by atoms with van der Waals surface area (Å²) in [6.45, 7) is 3.30. The van der Waals surface area contributed by atoms with Crippen LogP contribution in [-0.4, -0.2) is 6.54 Å². The Kier molecular flexibility index (Phi) is 3.37. The Morgan fingerprint density at radius 2 is 2.00 bits per heavy atom. The minimum absolute atomic E-state index is 0.570. The maximum Gasteiger partial charge on any atom is 0.0758 e. The van der Waals surface area contributed by atoms with Crippen molar-refractivity contribution in [3.63, 3.8) is 0 Å². The maximum absolute atomic E-state index is 3.77. The first kappa shape index (κ1) is 13.3. The van der Waals surface area contributed by atoms with Crippen molar-refractivity contribution in [3.8, 4) is 0 Å². The van der Waals surface area contributed by atoms with E-state index in [4.69, 9.17) is 0 Å².